The number of rotatable bonds is 3. The molecular formula is C16H19ClN2O. The molecule has 1 atom stereocenters. The molecule has 4 heteroatoms. The van der Waals surface area contributed by atoms with Crippen molar-refractivity contribution in [3.63, 3.8) is 0 Å². The molecule has 0 amide bonds. The van der Waals surface area contributed by atoms with E-state index >= 15 is 0 Å². The Morgan fingerprint density at radius 3 is 2.70 bits per heavy atom. The summed E-state index contributed by atoms with van der Waals surface area (Å²) in [6.45, 7) is 4.20. The standard InChI is InChI=1S/C16H19ClN2O/c17-14-6-4-13(5-7-14)16(15-3-1-12-20-15)19-10-2-8-18-9-11-19/h1,3-7,12,16,18H,2,8-11H2. The third-order valence-corrected chi connectivity index (χ3v) is 3.99. The van der Waals surface area contributed by atoms with E-state index in [1.165, 1.54) is 5.56 Å². The summed E-state index contributed by atoms with van der Waals surface area (Å²) in [6, 6.07) is 12.3. The van der Waals surface area contributed by atoms with E-state index in [-0.39, 0.29) is 6.04 Å². The highest BCUT2D eigenvalue weighted by Crippen LogP contribution is 2.30. The number of nitrogens with zero attached hydrogens (tertiary/aromatic N) is 1. The smallest absolute Gasteiger partial charge is 0.125 e. The first-order chi connectivity index (χ1) is 9.84. The molecule has 106 valence electrons. The molecule has 0 aliphatic carbocycles. The second-order valence-electron chi connectivity index (χ2n) is 5.11. The molecule has 0 saturated carbocycles. The third-order valence-electron chi connectivity index (χ3n) is 3.74. The van der Waals surface area contributed by atoms with E-state index in [4.69, 9.17) is 16.0 Å². The summed E-state index contributed by atoms with van der Waals surface area (Å²) in [7, 11) is 0. The van der Waals surface area contributed by atoms with E-state index in [0.29, 0.717) is 0 Å². The van der Waals surface area contributed by atoms with Gasteiger partial charge in [0.05, 0.1) is 12.3 Å². The fourth-order valence-corrected chi connectivity index (χ4v) is 2.90. The topological polar surface area (TPSA) is 28.4 Å². The molecule has 0 bridgehead atoms. The van der Waals surface area contributed by atoms with Gasteiger partial charge in [0.1, 0.15) is 5.76 Å². The molecule has 1 unspecified atom stereocenters. The van der Waals surface area contributed by atoms with Crippen LogP contribution in [-0.2, 0) is 0 Å². The predicted octanol–water partition coefficient (Wildman–Crippen LogP) is 3.32. The second-order valence-corrected chi connectivity index (χ2v) is 5.55. The number of benzene rings is 1. The Bertz CT molecular complexity index is 516. The van der Waals surface area contributed by atoms with E-state index < -0.39 is 0 Å². The van der Waals surface area contributed by atoms with Crippen molar-refractivity contribution in [3.8, 4) is 0 Å². The maximum Gasteiger partial charge on any atom is 0.125 e. The highest BCUT2D eigenvalue weighted by atomic mass is 35.5. The first-order valence-electron chi connectivity index (χ1n) is 7.08. The Balaban J connectivity index is 1.93. The summed E-state index contributed by atoms with van der Waals surface area (Å²) in [4.78, 5) is 2.47. The van der Waals surface area contributed by atoms with Gasteiger partial charge >= 0.3 is 0 Å². The SMILES string of the molecule is Clc1ccc(C(c2ccco2)N2CCCNCC2)cc1. The van der Waals surface area contributed by atoms with Gasteiger partial charge in [-0.2, -0.15) is 0 Å². The molecule has 1 aliphatic heterocycles. The lowest BCUT2D eigenvalue weighted by molar-refractivity contribution is 0.216. The molecule has 20 heavy (non-hydrogen) atoms. The Hall–Kier alpha value is -1.29. The van der Waals surface area contributed by atoms with Gasteiger partial charge in [-0.25, -0.2) is 0 Å². The van der Waals surface area contributed by atoms with Gasteiger partial charge in [-0.3, -0.25) is 4.90 Å². The molecule has 2 heterocycles. The van der Waals surface area contributed by atoms with Gasteiger partial charge < -0.3 is 9.73 Å². The molecule has 3 rings (SSSR count). The maximum atomic E-state index is 6.01. The van der Waals surface area contributed by atoms with Crippen LogP contribution in [0.3, 0.4) is 0 Å². The van der Waals surface area contributed by atoms with Crippen LogP contribution in [0.4, 0.5) is 0 Å². The van der Waals surface area contributed by atoms with Crippen molar-refractivity contribution in [2.45, 2.75) is 12.5 Å². The summed E-state index contributed by atoms with van der Waals surface area (Å²) < 4.78 is 5.68. The monoisotopic (exact) mass is 290 g/mol. The van der Waals surface area contributed by atoms with Crippen LogP contribution in [0.25, 0.3) is 0 Å². The van der Waals surface area contributed by atoms with Gasteiger partial charge in [0.25, 0.3) is 0 Å². The minimum Gasteiger partial charge on any atom is -0.467 e. The van der Waals surface area contributed by atoms with Crippen molar-refractivity contribution in [3.05, 3.63) is 59.0 Å². The highest BCUT2D eigenvalue weighted by Gasteiger charge is 2.25. The molecule has 0 spiro atoms. The number of hydrogen-bond acceptors (Lipinski definition) is 3. The number of nitrogens with one attached hydrogen (secondary N) is 1. The Morgan fingerprint density at radius 2 is 1.95 bits per heavy atom. The Labute approximate surface area is 124 Å². The number of halogens is 1. The zero-order valence-electron chi connectivity index (χ0n) is 11.4. The molecule has 1 aromatic carbocycles. The Morgan fingerprint density at radius 1 is 1.10 bits per heavy atom. The van der Waals surface area contributed by atoms with Crippen LogP contribution in [0.1, 0.15) is 23.8 Å². The molecule has 3 nitrogen and oxygen atoms in total. The van der Waals surface area contributed by atoms with Gasteiger partial charge in [-0.05, 0) is 42.8 Å². The van der Waals surface area contributed by atoms with E-state index in [9.17, 15) is 0 Å². The fraction of sp³-hybridized carbons (Fsp3) is 0.375. The maximum absolute atomic E-state index is 6.01. The van der Waals surface area contributed by atoms with Crippen molar-refractivity contribution in [1.82, 2.24) is 10.2 Å². The zero-order chi connectivity index (χ0) is 13.8. The van der Waals surface area contributed by atoms with Crippen LogP contribution in [0.5, 0.6) is 0 Å². The largest absolute Gasteiger partial charge is 0.467 e. The first-order valence-corrected chi connectivity index (χ1v) is 7.46. The minimum atomic E-state index is 0.169. The van der Waals surface area contributed by atoms with Crippen LogP contribution < -0.4 is 5.32 Å². The van der Waals surface area contributed by atoms with Crippen molar-refractivity contribution < 1.29 is 4.42 Å². The average Bonchev–Trinajstić information content (AvgIpc) is 2.85. The van der Waals surface area contributed by atoms with Crippen LogP contribution >= 0.6 is 11.6 Å². The number of furan rings is 1. The minimum absolute atomic E-state index is 0.169. The van der Waals surface area contributed by atoms with Crippen molar-refractivity contribution in [1.29, 1.82) is 0 Å². The second kappa shape index (κ2) is 6.44. The van der Waals surface area contributed by atoms with Crippen molar-refractivity contribution in [2.75, 3.05) is 26.2 Å². The van der Waals surface area contributed by atoms with Gasteiger partial charge in [0.2, 0.25) is 0 Å². The van der Waals surface area contributed by atoms with Crippen molar-refractivity contribution in [2.24, 2.45) is 0 Å². The molecule has 1 aromatic heterocycles. The highest BCUT2D eigenvalue weighted by molar-refractivity contribution is 6.30. The van der Waals surface area contributed by atoms with E-state index in [2.05, 4.69) is 28.4 Å². The summed E-state index contributed by atoms with van der Waals surface area (Å²) in [6.07, 6.45) is 2.90. The van der Waals surface area contributed by atoms with Gasteiger partial charge in [-0.1, -0.05) is 23.7 Å². The quantitative estimate of drug-likeness (QED) is 0.940. The van der Waals surface area contributed by atoms with Gasteiger partial charge in [0.15, 0.2) is 0 Å². The lowest BCUT2D eigenvalue weighted by atomic mass is 10.0. The van der Waals surface area contributed by atoms with Crippen LogP contribution in [0, 0.1) is 0 Å². The first kappa shape index (κ1) is 13.7. The van der Waals surface area contributed by atoms with Crippen LogP contribution in [0.2, 0.25) is 5.02 Å². The average molecular weight is 291 g/mol. The van der Waals surface area contributed by atoms with E-state index in [1.807, 2.05) is 18.2 Å². The van der Waals surface area contributed by atoms with Crippen molar-refractivity contribution >= 4 is 11.6 Å². The summed E-state index contributed by atoms with van der Waals surface area (Å²) in [5, 5.41) is 4.21. The number of hydrogen-bond donors (Lipinski definition) is 1. The molecular weight excluding hydrogens is 272 g/mol. The van der Waals surface area contributed by atoms with Gasteiger partial charge in [0, 0.05) is 24.7 Å². The van der Waals surface area contributed by atoms with Gasteiger partial charge in [-0.15, -0.1) is 0 Å². The third kappa shape index (κ3) is 3.06. The molecule has 1 fully saturated rings. The lowest BCUT2D eigenvalue weighted by Crippen LogP contribution is -2.32. The Kier molecular flexibility index (Phi) is 4.41. The molecule has 2 aromatic rings. The van der Waals surface area contributed by atoms with Crippen LogP contribution in [-0.4, -0.2) is 31.1 Å². The molecule has 0 radical (unpaired) electrons. The normalized spacial score (nSPS) is 18.6. The zero-order valence-corrected chi connectivity index (χ0v) is 12.1. The summed E-state index contributed by atoms with van der Waals surface area (Å²) in [5.74, 6) is 0.995. The molecule has 1 N–H and O–H groups in total. The van der Waals surface area contributed by atoms with E-state index in [0.717, 1.165) is 43.4 Å². The van der Waals surface area contributed by atoms with Crippen LogP contribution in [0.15, 0.2) is 47.1 Å². The summed E-state index contributed by atoms with van der Waals surface area (Å²) in [5.41, 5.74) is 1.23. The van der Waals surface area contributed by atoms with E-state index in [1.54, 1.807) is 6.26 Å². The summed E-state index contributed by atoms with van der Waals surface area (Å²) >= 11 is 6.01. The lowest BCUT2D eigenvalue weighted by Gasteiger charge is -2.29. The molecule has 1 saturated heterocycles. The predicted molar refractivity (Wildman–Crippen MR) is 81.1 cm³/mol. The molecule has 1 aliphatic rings. The fourth-order valence-electron chi connectivity index (χ4n) is 2.77.